The number of hydrogen-bond donors (Lipinski definition) is 0. The fourth-order valence-corrected chi connectivity index (χ4v) is 12.7. The predicted molar refractivity (Wildman–Crippen MR) is 96.1 cm³/mol. The molecule has 0 aliphatic carbocycles. The average molecular weight is 401 g/mol. The van der Waals surface area contributed by atoms with Gasteiger partial charge in [0.15, 0.2) is 0 Å². The first-order valence-electron chi connectivity index (χ1n) is 7.13. The number of hydrogen-bond acceptors (Lipinski definition) is 1. The molecule has 0 spiro atoms. The van der Waals surface area contributed by atoms with Crippen molar-refractivity contribution in [2.75, 3.05) is 0 Å². The maximum atomic E-state index is 2.34. The standard InChI is InChI=1S/C9H11.C6H5.C4H3S.Sb/c1-7-4-8(2)6-9(3)5-7;1-2-4-6-5-3-1;1-2-4-5-3-1;/h4-5H,1-3H3;1-5H;1-3H;. The van der Waals surface area contributed by atoms with E-state index in [1.165, 1.54) is 16.7 Å². The topological polar surface area (TPSA) is 0 Å². The molecule has 0 bridgehead atoms. The van der Waals surface area contributed by atoms with Gasteiger partial charge < -0.3 is 0 Å². The Hall–Kier alpha value is -1.04. The Labute approximate surface area is 138 Å². The molecule has 0 saturated carbocycles. The van der Waals surface area contributed by atoms with Crippen molar-refractivity contribution in [1.82, 2.24) is 0 Å². The Morgan fingerprint density at radius 2 is 1.48 bits per heavy atom. The van der Waals surface area contributed by atoms with Gasteiger partial charge in [-0.05, 0) is 0 Å². The van der Waals surface area contributed by atoms with Gasteiger partial charge in [0.25, 0.3) is 0 Å². The number of thiophene rings is 1. The van der Waals surface area contributed by atoms with Gasteiger partial charge in [-0.15, -0.1) is 0 Å². The molecule has 1 aromatic heterocycles. The monoisotopic (exact) mass is 400 g/mol. The van der Waals surface area contributed by atoms with Crippen LogP contribution in [0.3, 0.4) is 0 Å². The van der Waals surface area contributed by atoms with E-state index in [0.29, 0.717) is 0 Å². The van der Waals surface area contributed by atoms with Crippen LogP contribution in [0.4, 0.5) is 0 Å². The molecule has 2 heteroatoms. The molecule has 0 aliphatic heterocycles. The third-order valence-electron chi connectivity index (χ3n) is 3.60. The summed E-state index contributed by atoms with van der Waals surface area (Å²) in [5, 5.41) is 2.22. The van der Waals surface area contributed by atoms with E-state index in [0.717, 1.165) is 0 Å². The van der Waals surface area contributed by atoms with E-state index < -0.39 is 20.2 Å². The SMILES string of the molecule is Cc1cc(C)[c]([Sb]([c]2ccccc2)[c]2cccs2)c(C)c1. The van der Waals surface area contributed by atoms with Gasteiger partial charge in [0, 0.05) is 0 Å². The zero-order chi connectivity index (χ0) is 14.8. The van der Waals surface area contributed by atoms with E-state index in [4.69, 9.17) is 0 Å². The Morgan fingerprint density at radius 1 is 0.810 bits per heavy atom. The summed E-state index contributed by atoms with van der Waals surface area (Å²) in [6.07, 6.45) is 0. The summed E-state index contributed by atoms with van der Waals surface area (Å²) in [5.74, 6) is 0. The minimum absolute atomic E-state index is 1.37. The van der Waals surface area contributed by atoms with Gasteiger partial charge in [-0.2, -0.15) is 0 Å². The summed E-state index contributed by atoms with van der Waals surface area (Å²) in [4.78, 5) is 0. The molecule has 0 nitrogen and oxygen atoms in total. The summed E-state index contributed by atoms with van der Waals surface area (Å²) in [6.45, 7) is 6.76. The van der Waals surface area contributed by atoms with Crippen molar-refractivity contribution in [2.24, 2.45) is 0 Å². The summed E-state index contributed by atoms with van der Waals surface area (Å²) < 4.78 is 4.79. The van der Waals surface area contributed by atoms with Gasteiger partial charge in [0.1, 0.15) is 0 Å². The van der Waals surface area contributed by atoms with Gasteiger partial charge in [-0.3, -0.25) is 0 Å². The number of benzene rings is 2. The van der Waals surface area contributed by atoms with E-state index in [1.54, 1.807) is 9.84 Å². The molecule has 0 saturated heterocycles. The molecule has 0 radical (unpaired) electrons. The van der Waals surface area contributed by atoms with Crippen molar-refractivity contribution >= 4 is 41.4 Å². The number of rotatable bonds is 3. The quantitative estimate of drug-likeness (QED) is 0.592. The van der Waals surface area contributed by atoms with Crippen molar-refractivity contribution in [1.29, 1.82) is 0 Å². The van der Waals surface area contributed by atoms with Gasteiger partial charge in [-0.25, -0.2) is 0 Å². The molecule has 3 aromatic rings. The van der Waals surface area contributed by atoms with Crippen LogP contribution in [-0.2, 0) is 0 Å². The van der Waals surface area contributed by atoms with Crippen molar-refractivity contribution < 1.29 is 0 Å². The summed E-state index contributed by atoms with van der Waals surface area (Å²) in [6, 6.07) is 20.3. The molecule has 0 aliphatic rings. The van der Waals surface area contributed by atoms with E-state index in [-0.39, 0.29) is 0 Å². The zero-order valence-electron chi connectivity index (χ0n) is 12.6. The molecule has 106 valence electrons. The van der Waals surface area contributed by atoms with E-state index in [1.807, 2.05) is 11.3 Å². The molecule has 0 amide bonds. The van der Waals surface area contributed by atoms with E-state index >= 15 is 0 Å². The fourth-order valence-electron chi connectivity index (χ4n) is 2.87. The fraction of sp³-hybridized carbons (Fsp3) is 0.158. The third kappa shape index (κ3) is 3.10. The van der Waals surface area contributed by atoms with Crippen LogP contribution in [0.15, 0.2) is 60.0 Å². The summed E-state index contributed by atoms with van der Waals surface area (Å²) >= 11 is 0.0455. The summed E-state index contributed by atoms with van der Waals surface area (Å²) in [5.41, 5.74) is 4.30. The Kier molecular flexibility index (Phi) is 4.52. The first kappa shape index (κ1) is 14.9. The van der Waals surface area contributed by atoms with Crippen LogP contribution in [0, 0.1) is 20.8 Å². The summed E-state index contributed by atoms with van der Waals surface area (Å²) in [7, 11) is 0. The third-order valence-corrected chi connectivity index (χ3v) is 13.7. The maximum absolute atomic E-state index is 2.34. The minimum atomic E-state index is -1.88. The Morgan fingerprint density at radius 3 is 2.05 bits per heavy atom. The van der Waals surface area contributed by atoms with Gasteiger partial charge in [-0.1, -0.05) is 0 Å². The molecule has 1 heterocycles. The first-order chi connectivity index (χ1) is 10.2. The molecule has 0 atom stereocenters. The first-order valence-corrected chi connectivity index (χ1v) is 11.8. The molecular weight excluding hydrogens is 382 g/mol. The molecule has 0 N–H and O–H groups in total. The molecule has 21 heavy (non-hydrogen) atoms. The molecular formula is C19H19SSb. The van der Waals surface area contributed by atoms with Crippen molar-refractivity contribution in [3.8, 4) is 0 Å². The molecule has 0 fully saturated rings. The Bertz CT molecular complexity index is 707. The van der Waals surface area contributed by atoms with Crippen LogP contribution < -0.4 is 9.84 Å². The van der Waals surface area contributed by atoms with Crippen LogP contribution in [0.1, 0.15) is 16.7 Å². The van der Waals surface area contributed by atoms with Crippen LogP contribution >= 0.6 is 11.3 Å². The van der Waals surface area contributed by atoms with Crippen molar-refractivity contribution in [3.05, 3.63) is 76.7 Å². The van der Waals surface area contributed by atoms with Crippen LogP contribution in [0.25, 0.3) is 0 Å². The Balaban J connectivity index is 2.22. The van der Waals surface area contributed by atoms with Gasteiger partial charge in [0.05, 0.1) is 0 Å². The van der Waals surface area contributed by atoms with Gasteiger partial charge >= 0.3 is 139 Å². The molecule has 0 unspecified atom stereocenters. The van der Waals surface area contributed by atoms with E-state index in [2.05, 4.69) is 80.7 Å². The van der Waals surface area contributed by atoms with Crippen LogP contribution in [-0.4, -0.2) is 20.2 Å². The molecule has 2 aromatic carbocycles. The predicted octanol–water partition coefficient (Wildman–Crippen LogP) is 3.19. The van der Waals surface area contributed by atoms with Crippen molar-refractivity contribution in [2.45, 2.75) is 20.8 Å². The van der Waals surface area contributed by atoms with Crippen LogP contribution in [0.2, 0.25) is 0 Å². The normalized spacial score (nSPS) is 11.0. The molecule has 3 rings (SSSR count). The number of aryl methyl sites for hydroxylation is 3. The van der Waals surface area contributed by atoms with Crippen molar-refractivity contribution in [3.63, 3.8) is 0 Å². The average Bonchev–Trinajstić information content (AvgIpc) is 2.97. The second-order valence-electron chi connectivity index (χ2n) is 5.37. The zero-order valence-corrected chi connectivity index (χ0v) is 16.0. The second kappa shape index (κ2) is 6.38. The van der Waals surface area contributed by atoms with E-state index in [9.17, 15) is 0 Å². The second-order valence-corrected chi connectivity index (χ2v) is 13.3. The van der Waals surface area contributed by atoms with Gasteiger partial charge in [0.2, 0.25) is 0 Å². The van der Waals surface area contributed by atoms with Crippen LogP contribution in [0.5, 0.6) is 0 Å².